The molecule has 1 aromatic heterocycles. The Morgan fingerprint density at radius 1 is 1.38 bits per heavy atom. The highest BCUT2D eigenvalue weighted by Crippen LogP contribution is 2.26. The van der Waals surface area contributed by atoms with Gasteiger partial charge in [-0.25, -0.2) is 0 Å². The Hall–Kier alpha value is -0.520. The van der Waals surface area contributed by atoms with Gasteiger partial charge in [0.05, 0.1) is 0 Å². The molecule has 2 atom stereocenters. The van der Waals surface area contributed by atoms with Crippen LogP contribution in [0.4, 0.5) is 0 Å². The number of carbonyl (C=O) groups excluding carboxylic acids is 1. The molecule has 3 heterocycles. The lowest BCUT2D eigenvalue weighted by Gasteiger charge is -2.37. The fourth-order valence-corrected chi connectivity index (χ4v) is 5.22. The number of thiophene rings is 1. The molecule has 1 fully saturated rings. The summed E-state index contributed by atoms with van der Waals surface area (Å²) >= 11 is 3.88. The number of rotatable bonds is 3. The third-order valence-corrected chi connectivity index (χ3v) is 7.15. The van der Waals surface area contributed by atoms with Gasteiger partial charge in [0, 0.05) is 54.5 Å². The molecule has 0 radical (unpaired) electrons. The van der Waals surface area contributed by atoms with Gasteiger partial charge in [0.25, 0.3) is 0 Å². The van der Waals surface area contributed by atoms with Crippen LogP contribution in [0.15, 0.2) is 11.4 Å². The molecule has 0 N–H and O–H groups in total. The lowest BCUT2D eigenvalue weighted by atomic mass is 10.1. The average Bonchev–Trinajstić information content (AvgIpc) is 2.96. The molecule has 1 saturated heterocycles. The monoisotopic (exact) mass is 324 g/mol. The lowest BCUT2D eigenvalue weighted by Crippen LogP contribution is -2.46. The van der Waals surface area contributed by atoms with Gasteiger partial charge in [0.2, 0.25) is 5.91 Å². The molecule has 0 saturated carbocycles. The molecule has 0 aliphatic carbocycles. The molecule has 21 heavy (non-hydrogen) atoms. The summed E-state index contributed by atoms with van der Waals surface area (Å²) in [5.74, 6) is 1.52. The molecule has 0 spiro atoms. The van der Waals surface area contributed by atoms with E-state index >= 15 is 0 Å². The van der Waals surface area contributed by atoms with Gasteiger partial charge in [-0.05, 0) is 30.4 Å². The van der Waals surface area contributed by atoms with Crippen molar-refractivity contribution in [2.75, 3.05) is 25.4 Å². The minimum absolute atomic E-state index is 0.324. The topological polar surface area (TPSA) is 23.6 Å². The predicted molar refractivity (Wildman–Crippen MR) is 91.0 cm³/mol. The Kier molecular flexibility index (Phi) is 4.92. The summed E-state index contributed by atoms with van der Waals surface area (Å²) in [6.45, 7) is 8.34. The van der Waals surface area contributed by atoms with Crippen LogP contribution in [0, 0.1) is 0 Å². The summed E-state index contributed by atoms with van der Waals surface area (Å²) in [5.41, 5.74) is 1.36. The van der Waals surface area contributed by atoms with Crippen molar-refractivity contribution in [2.45, 2.75) is 44.5 Å². The van der Waals surface area contributed by atoms with Gasteiger partial charge >= 0.3 is 0 Å². The minimum Gasteiger partial charge on any atom is -0.338 e. The van der Waals surface area contributed by atoms with Gasteiger partial charge in [0.1, 0.15) is 0 Å². The van der Waals surface area contributed by atoms with Gasteiger partial charge in [-0.15, -0.1) is 11.3 Å². The largest absolute Gasteiger partial charge is 0.338 e. The maximum absolute atomic E-state index is 12.5. The fraction of sp³-hybridized carbons (Fsp3) is 0.688. The van der Waals surface area contributed by atoms with E-state index in [0.29, 0.717) is 23.6 Å². The molecule has 1 aromatic rings. The SMILES string of the molecule is CC1SCCN(CCC(=O)N2CCc3sccc3C2)C1C. The fourth-order valence-electron chi connectivity index (χ4n) is 3.17. The van der Waals surface area contributed by atoms with Crippen LogP contribution in [0.3, 0.4) is 0 Å². The number of nitrogens with zero attached hydrogens (tertiary/aromatic N) is 2. The van der Waals surface area contributed by atoms with Crippen LogP contribution in [-0.2, 0) is 17.8 Å². The second-order valence-corrected chi connectivity index (χ2v) is 8.52. The number of carbonyl (C=O) groups is 1. The number of hydrogen-bond donors (Lipinski definition) is 0. The molecule has 116 valence electrons. The molecule has 3 rings (SSSR count). The molecule has 2 aliphatic heterocycles. The number of amides is 1. The van der Waals surface area contributed by atoms with Crippen LogP contribution < -0.4 is 0 Å². The Balaban J connectivity index is 1.51. The molecular weight excluding hydrogens is 300 g/mol. The van der Waals surface area contributed by atoms with Gasteiger partial charge < -0.3 is 4.90 Å². The van der Waals surface area contributed by atoms with Crippen molar-refractivity contribution in [1.29, 1.82) is 0 Å². The Morgan fingerprint density at radius 2 is 2.24 bits per heavy atom. The van der Waals surface area contributed by atoms with Crippen LogP contribution in [0.25, 0.3) is 0 Å². The first-order valence-electron chi connectivity index (χ1n) is 7.84. The summed E-state index contributed by atoms with van der Waals surface area (Å²) in [5, 5.41) is 2.82. The third kappa shape index (κ3) is 3.46. The van der Waals surface area contributed by atoms with E-state index in [1.807, 2.05) is 28.0 Å². The first-order valence-corrected chi connectivity index (χ1v) is 9.76. The van der Waals surface area contributed by atoms with Crippen LogP contribution in [0.2, 0.25) is 0 Å². The van der Waals surface area contributed by atoms with Crippen molar-refractivity contribution >= 4 is 29.0 Å². The summed E-state index contributed by atoms with van der Waals surface area (Å²) in [6.07, 6.45) is 1.70. The van der Waals surface area contributed by atoms with E-state index in [4.69, 9.17) is 0 Å². The summed E-state index contributed by atoms with van der Waals surface area (Å²) < 4.78 is 0. The van der Waals surface area contributed by atoms with E-state index in [1.54, 1.807) is 0 Å². The number of hydrogen-bond acceptors (Lipinski definition) is 4. The highest BCUT2D eigenvalue weighted by molar-refractivity contribution is 8.00. The van der Waals surface area contributed by atoms with E-state index in [0.717, 1.165) is 32.6 Å². The smallest absolute Gasteiger partial charge is 0.224 e. The van der Waals surface area contributed by atoms with Crippen molar-refractivity contribution < 1.29 is 4.79 Å². The van der Waals surface area contributed by atoms with E-state index in [-0.39, 0.29) is 0 Å². The molecule has 2 unspecified atom stereocenters. The van der Waals surface area contributed by atoms with E-state index in [2.05, 4.69) is 30.2 Å². The van der Waals surface area contributed by atoms with Crippen molar-refractivity contribution in [1.82, 2.24) is 9.80 Å². The second kappa shape index (κ2) is 6.71. The average molecular weight is 325 g/mol. The first kappa shape index (κ1) is 15.4. The zero-order valence-corrected chi connectivity index (χ0v) is 14.5. The van der Waals surface area contributed by atoms with Crippen LogP contribution in [0.5, 0.6) is 0 Å². The normalized spacial score (nSPS) is 26.7. The molecule has 2 aliphatic rings. The van der Waals surface area contributed by atoms with Crippen LogP contribution in [0.1, 0.15) is 30.7 Å². The van der Waals surface area contributed by atoms with Crippen molar-refractivity contribution in [2.24, 2.45) is 0 Å². The number of thioether (sulfide) groups is 1. The molecule has 1 amide bonds. The number of fused-ring (bicyclic) bond motifs is 1. The van der Waals surface area contributed by atoms with Crippen molar-refractivity contribution in [3.63, 3.8) is 0 Å². The highest BCUT2D eigenvalue weighted by Gasteiger charge is 2.27. The quantitative estimate of drug-likeness (QED) is 0.854. The lowest BCUT2D eigenvalue weighted by molar-refractivity contribution is -0.132. The van der Waals surface area contributed by atoms with Crippen LogP contribution in [-0.4, -0.2) is 52.4 Å². The summed E-state index contributed by atoms with van der Waals surface area (Å²) in [4.78, 5) is 18.5. The van der Waals surface area contributed by atoms with Gasteiger partial charge in [0.15, 0.2) is 0 Å². The minimum atomic E-state index is 0.324. The zero-order valence-electron chi connectivity index (χ0n) is 12.9. The second-order valence-electron chi connectivity index (χ2n) is 6.04. The standard InChI is InChI=1S/C16H24N2OS2/c1-12-13(2)20-10-8-17(12)7-4-16(19)18-6-3-15-14(11-18)5-9-21-15/h5,9,12-13H,3-4,6-8,10-11H2,1-2H3. The van der Waals surface area contributed by atoms with Gasteiger partial charge in [-0.1, -0.05) is 6.92 Å². The third-order valence-electron chi connectivity index (χ3n) is 4.79. The molecular formula is C16H24N2OS2. The van der Waals surface area contributed by atoms with Gasteiger partial charge in [-0.2, -0.15) is 11.8 Å². The highest BCUT2D eigenvalue weighted by atomic mass is 32.2. The molecule has 5 heteroatoms. The van der Waals surface area contributed by atoms with E-state index < -0.39 is 0 Å². The molecule has 0 aromatic carbocycles. The Labute approximate surface area is 135 Å². The predicted octanol–water partition coefficient (Wildman–Crippen LogP) is 2.85. The molecule has 0 bridgehead atoms. The van der Waals surface area contributed by atoms with Gasteiger partial charge in [-0.3, -0.25) is 9.69 Å². The van der Waals surface area contributed by atoms with Crippen molar-refractivity contribution in [3.05, 3.63) is 21.9 Å². The maximum atomic E-state index is 12.5. The zero-order chi connectivity index (χ0) is 14.8. The Morgan fingerprint density at radius 3 is 3.10 bits per heavy atom. The molecule has 3 nitrogen and oxygen atoms in total. The van der Waals surface area contributed by atoms with Crippen LogP contribution >= 0.6 is 23.1 Å². The van der Waals surface area contributed by atoms with E-state index in [9.17, 15) is 4.79 Å². The summed E-state index contributed by atoms with van der Waals surface area (Å²) in [7, 11) is 0. The first-order chi connectivity index (χ1) is 10.1. The van der Waals surface area contributed by atoms with E-state index in [1.165, 1.54) is 16.2 Å². The van der Waals surface area contributed by atoms with Crippen molar-refractivity contribution in [3.8, 4) is 0 Å². The summed E-state index contributed by atoms with van der Waals surface area (Å²) in [6, 6.07) is 2.76. The Bertz CT molecular complexity index is 502. The maximum Gasteiger partial charge on any atom is 0.224 e.